The number of nitrogen functional groups attached to an aromatic ring is 1. The number of amides is 2. The van der Waals surface area contributed by atoms with Gasteiger partial charge < -0.3 is 16.4 Å². The lowest BCUT2D eigenvalue weighted by atomic mass is 10.1. The van der Waals surface area contributed by atoms with Crippen LogP contribution in [0.1, 0.15) is 21.8 Å². The SMILES string of the molecule is Nc1c(F)ccc(NC(=O)c2cc(NC(=O)[C@H]3[C@@H](c4ccc(F)c(Cl)c4F)C3(Cl)Cl)ccc2Cl)c1F. The van der Waals surface area contributed by atoms with Crippen LogP contribution < -0.4 is 16.4 Å². The van der Waals surface area contributed by atoms with Crippen molar-refractivity contribution in [3.63, 3.8) is 0 Å². The Kier molecular flexibility index (Phi) is 7.04. The minimum Gasteiger partial charge on any atom is -0.394 e. The fourth-order valence-corrected chi connectivity index (χ4v) is 4.86. The van der Waals surface area contributed by atoms with Gasteiger partial charge in [-0.2, -0.15) is 0 Å². The van der Waals surface area contributed by atoms with E-state index in [2.05, 4.69) is 10.6 Å². The molecule has 1 aliphatic rings. The fourth-order valence-electron chi connectivity index (χ4n) is 3.67. The van der Waals surface area contributed by atoms with Gasteiger partial charge in [0.25, 0.3) is 5.91 Å². The van der Waals surface area contributed by atoms with Crippen LogP contribution in [0.5, 0.6) is 0 Å². The number of nitrogens with one attached hydrogen (secondary N) is 2. The van der Waals surface area contributed by atoms with Gasteiger partial charge in [-0.1, -0.05) is 29.3 Å². The van der Waals surface area contributed by atoms with Crippen LogP contribution in [0.3, 0.4) is 0 Å². The molecule has 0 aliphatic heterocycles. The van der Waals surface area contributed by atoms with Crippen molar-refractivity contribution in [1.82, 2.24) is 0 Å². The maximum atomic E-state index is 14.5. The van der Waals surface area contributed by atoms with E-state index in [0.717, 1.165) is 24.3 Å². The zero-order valence-electron chi connectivity index (χ0n) is 17.6. The van der Waals surface area contributed by atoms with Crippen LogP contribution in [0.15, 0.2) is 42.5 Å². The molecule has 0 heterocycles. The lowest BCUT2D eigenvalue weighted by Gasteiger charge is -2.11. The Bertz CT molecular complexity index is 1420. The van der Waals surface area contributed by atoms with Crippen molar-refractivity contribution >= 4 is 75.3 Å². The Labute approximate surface area is 221 Å². The first-order chi connectivity index (χ1) is 16.8. The topological polar surface area (TPSA) is 84.2 Å². The highest BCUT2D eigenvalue weighted by molar-refractivity contribution is 6.53. The molecule has 4 N–H and O–H groups in total. The second-order valence-corrected chi connectivity index (χ2v) is 10.1. The number of hydrogen-bond donors (Lipinski definition) is 3. The van der Waals surface area contributed by atoms with E-state index in [-0.39, 0.29) is 27.5 Å². The molecular formula is C23H13Cl4F4N3O2. The number of carbonyl (C=O) groups excluding carboxylic acids is 2. The van der Waals surface area contributed by atoms with Crippen LogP contribution >= 0.6 is 46.4 Å². The summed E-state index contributed by atoms with van der Waals surface area (Å²) in [5.74, 6) is -8.00. The molecule has 13 heteroatoms. The Morgan fingerprint density at radius 2 is 1.56 bits per heavy atom. The Morgan fingerprint density at radius 3 is 2.25 bits per heavy atom. The first-order valence-electron chi connectivity index (χ1n) is 10.0. The van der Waals surface area contributed by atoms with Crippen LogP contribution in [0.25, 0.3) is 0 Å². The summed E-state index contributed by atoms with van der Waals surface area (Å²) in [6, 6.07) is 7.73. The summed E-state index contributed by atoms with van der Waals surface area (Å²) < 4.78 is 53.8. The van der Waals surface area contributed by atoms with Crippen molar-refractivity contribution in [2.75, 3.05) is 16.4 Å². The number of rotatable bonds is 5. The summed E-state index contributed by atoms with van der Waals surface area (Å²) in [6.45, 7) is 0. The van der Waals surface area contributed by atoms with Gasteiger partial charge in [0, 0.05) is 11.6 Å². The molecule has 1 aliphatic carbocycles. The van der Waals surface area contributed by atoms with Gasteiger partial charge in [0.1, 0.15) is 32.5 Å². The number of hydrogen-bond acceptors (Lipinski definition) is 3. The van der Waals surface area contributed by atoms with Gasteiger partial charge in [0.2, 0.25) is 5.91 Å². The Balaban J connectivity index is 1.54. The molecule has 0 unspecified atom stereocenters. The average Bonchev–Trinajstić information content (AvgIpc) is 3.40. The predicted octanol–water partition coefficient (Wildman–Crippen LogP) is 6.91. The summed E-state index contributed by atoms with van der Waals surface area (Å²) >= 11 is 24.1. The molecule has 1 fully saturated rings. The van der Waals surface area contributed by atoms with Gasteiger partial charge in [-0.05, 0) is 42.0 Å². The quantitative estimate of drug-likeness (QED) is 0.133. The lowest BCUT2D eigenvalue weighted by molar-refractivity contribution is -0.117. The molecule has 0 radical (unpaired) electrons. The molecule has 0 saturated heterocycles. The van der Waals surface area contributed by atoms with E-state index in [1.165, 1.54) is 18.2 Å². The van der Waals surface area contributed by atoms with Crippen molar-refractivity contribution in [2.45, 2.75) is 10.3 Å². The third kappa shape index (κ3) is 4.68. The molecule has 2 atom stereocenters. The highest BCUT2D eigenvalue weighted by Crippen LogP contribution is 2.65. The maximum Gasteiger partial charge on any atom is 0.257 e. The largest absolute Gasteiger partial charge is 0.394 e. The van der Waals surface area contributed by atoms with E-state index in [9.17, 15) is 27.2 Å². The fraction of sp³-hybridized carbons (Fsp3) is 0.130. The molecule has 36 heavy (non-hydrogen) atoms. The summed E-state index contributed by atoms with van der Waals surface area (Å²) in [4.78, 5) is 25.5. The van der Waals surface area contributed by atoms with Crippen molar-refractivity contribution in [2.24, 2.45) is 5.92 Å². The minimum atomic E-state index is -1.71. The number of anilines is 3. The summed E-state index contributed by atoms with van der Waals surface area (Å²) in [7, 11) is 0. The van der Waals surface area contributed by atoms with Gasteiger partial charge >= 0.3 is 0 Å². The number of carbonyl (C=O) groups is 2. The third-order valence-electron chi connectivity index (χ3n) is 5.59. The average molecular weight is 581 g/mol. The molecule has 3 aromatic rings. The van der Waals surface area contributed by atoms with Gasteiger partial charge in [-0.3, -0.25) is 9.59 Å². The van der Waals surface area contributed by atoms with E-state index in [4.69, 9.17) is 52.1 Å². The van der Waals surface area contributed by atoms with Gasteiger partial charge in [-0.15, -0.1) is 23.2 Å². The monoisotopic (exact) mass is 579 g/mol. The highest BCUT2D eigenvalue weighted by atomic mass is 35.5. The van der Waals surface area contributed by atoms with Gasteiger partial charge in [0.15, 0.2) is 5.82 Å². The number of nitrogens with two attached hydrogens (primary N) is 1. The molecule has 0 bridgehead atoms. The first kappa shape index (κ1) is 26.3. The highest BCUT2D eigenvalue weighted by Gasteiger charge is 2.68. The molecule has 0 aromatic heterocycles. The van der Waals surface area contributed by atoms with E-state index in [0.29, 0.717) is 0 Å². The van der Waals surface area contributed by atoms with Crippen LogP contribution in [-0.2, 0) is 4.79 Å². The standard InChI is InChI=1S/C23H13Cl4F4N3O2/c24-11-3-1-8(7-10(11)21(35)34-14-6-5-13(29)20(32)19(14)31)33-22(36)16-15(23(16,26)27)9-2-4-12(28)17(25)18(9)30/h1-7,15-16H,32H2,(H,33,36)(H,34,35)/t15-,16-/m1/s1. The molecule has 4 rings (SSSR count). The van der Waals surface area contributed by atoms with Gasteiger partial charge in [0.05, 0.1) is 22.2 Å². The zero-order chi connectivity index (χ0) is 26.5. The van der Waals surface area contributed by atoms with Crippen LogP contribution in [0.2, 0.25) is 10.0 Å². The Hall–Kier alpha value is -2.72. The molecule has 188 valence electrons. The second kappa shape index (κ2) is 9.63. The van der Waals surface area contributed by atoms with E-state index < -0.39 is 62.0 Å². The van der Waals surface area contributed by atoms with Crippen molar-refractivity contribution < 1.29 is 27.2 Å². The first-order valence-corrected chi connectivity index (χ1v) is 11.5. The van der Waals surface area contributed by atoms with Gasteiger partial charge in [-0.25, -0.2) is 17.6 Å². The van der Waals surface area contributed by atoms with Crippen LogP contribution in [0.4, 0.5) is 34.6 Å². The molecule has 1 saturated carbocycles. The molecule has 2 amide bonds. The van der Waals surface area contributed by atoms with Crippen LogP contribution in [0, 0.1) is 29.2 Å². The predicted molar refractivity (Wildman–Crippen MR) is 131 cm³/mol. The molecule has 5 nitrogen and oxygen atoms in total. The normalized spacial score (nSPS) is 18.0. The lowest BCUT2D eigenvalue weighted by Crippen LogP contribution is -2.18. The molecule has 0 spiro atoms. The zero-order valence-corrected chi connectivity index (χ0v) is 20.6. The summed E-state index contributed by atoms with van der Waals surface area (Å²) in [6.07, 6.45) is 0. The van der Waals surface area contributed by atoms with Crippen molar-refractivity contribution in [1.29, 1.82) is 0 Å². The smallest absolute Gasteiger partial charge is 0.257 e. The number of benzene rings is 3. The summed E-state index contributed by atoms with van der Waals surface area (Å²) in [5, 5.41) is 3.92. The number of alkyl halides is 2. The van der Waals surface area contributed by atoms with Crippen molar-refractivity contribution in [3.8, 4) is 0 Å². The van der Waals surface area contributed by atoms with Crippen LogP contribution in [-0.4, -0.2) is 16.1 Å². The van der Waals surface area contributed by atoms with Crippen molar-refractivity contribution in [3.05, 3.63) is 86.9 Å². The molecule has 3 aromatic carbocycles. The third-order valence-corrected chi connectivity index (χ3v) is 7.21. The second-order valence-electron chi connectivity index (χ2n) is 7.86. The number of halogens is 8. The summed E-state index contributed by atoms with van der Waals surface area (Å²) in [5.41, 5.74) is 3.92. The molecular weight excluding hydrogens is 568 g/mol. The van der Waals surface area contributed by atoms with E-state index >= 15 is 0 Å². The van der Waals surface area contributed by atoms with E-state index in [1.54, 1.807) is 0 Å². The Morgan fingerprint density at radius 1 is 0.889 bits per heavy atom. The maximum absolute atomic E-state index is 14.5. The van der Waals surface area contributed by atoms with E-state index in [1.807, 2.05) is 0 Å². The minimum absolute atomic E-state index is 0.0441.